The molecule has 16 heavy (non-hydrogen) atoms. The fourth-order valence-electron chi connectivity index (χ4n) is 1.21. The molecule has 0 aliphatic carbocycles. The first-order valence-electron chi connectivity index (χ1n) is 4.91. The zero-order valence-electron chi connectivity index (χ0n) is 9.01. The molecule has 0 aliphatic heterocycles. The highest BCUT2D eigenvalue weighted by Gasteiger charge is 2.11. The molecule has 1 aromatic rings. The van der Waals surface area contributed by atoms with Crippen LogP contribution in [-0.4, -0.2) is 22.7 Å². The fourth-order valence-corrected chi connectivity index (χ4v) is 1.21. The van der Waals surface area contributed by atoms with Gasteiger partial charge in [-0.05, 0) is 18.6 Å². The summed E-state index contributed by atoms with van der Waals surface area (Å²) in [7, 11) is 0. The summed E-state index contributed by atoms with van der Waals surface area (Å²) >= 11 is 0. The fraction of sp³-hybridized carbons (Fsp3) is 0.400. The Labute approximate surface area is 93.2 Å². The molecule has 0 saturated heterocycles. The van der Waals surface area contributed by atoms with E-state index in [9.17, 15) is 10.1 Å². The number of nitrogens with one attached hydrogen (secondary N) is 1. The maximum atomic E-state index is 10.6. The number of rotatable bonds is 5. The van der Waals surface area contributed by atoms with Gasteiger partial charge in [0.1, 0.15) is 5.69 Å². The first-order chi connectivity index (χ1) is 7.54. The number of hydrogen-bond donors (Lipinski definition) is 3. The van der Waals surface area contributed by atoms with Gasteiger partial charge in [0.25, 0.3) is 5.69 Å². The number of nitro groups is 1. The van der Waals surface area contributed by atoms with Gasteiger partial charge in [0.2, 0.25) is 0 Å². The van der Waals surface area contributed by atoms with Gasteiger partial charge < -0.3 is 16.2 Å². The number of benzene rings is 1. The number of hydrogen-bond acceptors (Lipinski definition) is 5. The Morgan fingerprint density at radius 2 is 2.31 bits per heavy atom. The Morgan fingerprint density at radius 1 is 1.62 bits per heavy atom. The third-order valence-electron chi connectivity index (χ3n) is 2.22. The predicted octanol–water partition coefficient (Wildman–Crippen LogP) is 0.647. The Balaban J connectivity index is 2.75. The van der Waals surface area contributed by atoms with Crippen LogP contribution in [-0.2, 0) is 6.54 Å². The molecule has 0 amide bonds. The topological polar surface area (TPSA) is 101 Å². The number of nitrogens with two attached hydrogens (primary N) is 1. The van der Waals surface area contributed by atoms with Crippen molar-refractivity contribution >= 4 is 11.4 Å². The average Bonchev–Trinajstić information content (AvgIpc) is 2.27. The number of nitrogen functional groups attached to an aromatic ring is 1. The minimum atomic E-state index is -0.506. The van der Waals surface area contributed by atoms with E-state index in [0.29, 0.717) is 6.54 Å². The lowest BCUT2D eigenvalue weighted by molar-refractivity contribution is -0.384. The number of nitro benzene ring substituents is 1. The van der Waals surface area contributed by atoms with Crippen molar-refractivity contribution in [2.75, 3.05) is 12.3 Å². The lowest BCUT2D eigenvalue weighted by Gasteiger charge is -2.10. The Morgan fingerprint density at radius 3 is 2.88 bits per heavy atom. The second-order valence-corrected chi connectivity index (χ2v) is 3.61. The number of aliphatic hydroxyl groups is 1. The van der Waals surface area contributed by atoms with Gasteiger partial charge in [-0.3, -0.25) is 10.1 Å². The van der Waals surface area contributed by atoms with E-state index in [2.05, 4.69) is 5.32 Å². The predicted molar refractivity (Wildman–Crippen MR) is 60.9 cm³/mol. The summed E-state index contributed by atoms with van der Waals surface area (Å²) < 4.78 is 0. The summed E-state index contributed by atoms with van der Waals surface area (Å²) in [6.07, 6.45) is 0. The van der Waals surface area contributed by atoms with Crippen LogP contribution in [0, 0.1) is 10.1 Å². The smallest absolute Gasteiger partial charge is 0.292 e. The summed E-state index contributed by atoms with van der Waals surface area (Å²) in [5, 5.41) is 22.5. The Kier molecular flexibility index (Phi) is 4.21. The molecule has 0 radical (unpaired) electrons. The van der Waals surface area contributed by atoms with Crippen molar-refractivity contribution in [3.63, 3.8) is 0 Å². The molecular formula is C10H15N3O3. The molecule has 1 rings (SSSR count). The third-order valence-corrected chi connectivity index (χ3v) is 2.22. The van der Waals surface area contributed by atoms with E-state index in [-0.39, 0.29) is 24.0 Å². The highest BCUT2D eigenvalue weighted by molar-refractivity contribution is 5.59. The van der Waals surface area contributed by atoms with Gasteiger partial charge in [-0.1, -0.05) is 6.07 Å². The van der Waals surface area contributed by atoms with Gasteiger partial charge in [0, 0.05) is 18.7 Å². The van der Waals surface area contributed by atoms with E-state index in [0.717, 1.165) is 5.56 Å². The molecule has 0 aliphatic rings. The van der Waals surface area contributed by atoms with E-state index in [1.165, 1.54) is 12.1 Å². The zero-order chi connectivity index (χ0) is 12.1. The molecular weight excluding hydrogens is 210 g/mol. The van der Waals surface area contributed by atoms with Crippen LogP contribution in [0.1, 0.15) is 12.5 Å². The van der Waals surface area contributed by atoms with Crippen molar-refractivity contribution < 1.29 is 10.0 Å². The summed E-state index contributed by atoms with van der Waals surface area (Å²) in [6.45, 7) is 2.31. The van der Waals surface area contributed by atoms with Crippen LogP contribution in [0.25, 0.3) is 0 Å². The van der Waals surface area contributed by atoms with E-state index in [1.807, 2.05) is 6.92 Å². The van der Waals surface area contributed by atoms with Crippen LogP contribution in [0.3, 0.4) is 0 Å². The van der Waals surface area contributed by atoms with Crippen molar-refractivity contribution in [3.05, 3.63) is 33.9 Å². The Bertz CT molecular complexity index is 382. The quantitative estimate of drug-likeness (QED) is 0.388. The lowest BCUT2D eigenvalue weighted by atomic mass is 10.1. The standard InChI is InChI=1S/C10H15N3O3/c1-7(6-14)12-5-8-2-3-9(11)10(4-8)13(15)16/h2-4,7,12,14H,5-6,11H2,1H3. The summed E-state index contributed by atoms with van der Waals surface area (Å²) in [5.74, 6) is 0. The second kappa shape index (κ2) is 5.43. The molecule has 4 N–H and O–H groups in total. The molecule has 0 bridgehead atoms. The number of nitrogens with zero attached hydrogens (tertiary/aromatic N) is 1. The summed E-state index contributed by atoms with van der Waals surface area (Å²) in [5.41, 5.74) is 6.30. The third kappa shape index (κ3) is 3.18. The van der Waals surface area contributed by atoms with Gasteiger partial charge in [-0.2, -0.15) is 0 Å². The van der Waals surface area contributed by atoms with Crippen molar-refractivity contribution in [3.8, 4) is 0 Å². The monoisotopic (exact) mass is 225 g/mol. The number of aliphatic hydroxyl groups excluding tert-OH is 1. The molecule has 1 unspecified atom stereocenters. The van der Waals surface area contributed by atoms with E-state index in [4.69, 9.17) is 10.8 Å². The SMILES string of the molecule is CC(CO)NCc1ccc(N)c([N+](=O)[O-])c1. The minimum absolute atomic E-state index is 0.0249. The molecule has 6 heteroatoms. The first-order valence-corrected chi connectivity index (χ1v) is 4.91. The van der Waals surface area contributed by atoms with E-state index >= 15 is 0 Å². The molecule has 0 aromatic heterocycles. The van der Waals surface area contributed by atoms with Gasteiger partial charge in [-0.15, -0.1) is 0 Å². The van der Waals surface area contributed by atoms with E-state index < -0.39 is 4.92 Å². The summed E-state index contributed by atoms with van der Waals surface area (Å²) in [6, 6.07) is 4.63. The van der Waals surface area contributed by atoms with Crippen LogP contribution in [0.4, 0.5) is 11.4 Å². The first kappa shape index (κ1) is 12.4. The van der Waals surface area contributed by atoms with Crippen LogP contribution in [0.2, 0.25) is 0 Å². The van der Waals surface area contributed by atoms with Crippen LogP contribution < -0.4 is 11.1 Å². The second-order valence-electron chi connectivity index (χ2n) is 3.61. The van der Waals surface area contributed by atoms with Gasteiger partial charge in [-0.25, -0.2) is 0 Å². The molecule has 1 aromatic carbocycles. The highest BCUT2D eigenvalue weighted by Crippen LogP contribution is 2.22. The largest absolute Gasteiger partial charge is 0.395 e. The van der Waals surface area contributed by atoms with Crippen molar-refractivity contribution in [2.45, 2.75) is 19.5 Å². The Hall–Kier alpha value is -1.66. The zero-order valence-corrected chi connectivity index (χ0v) is 9.01. The minimum Gasteiger partial charge on any atom is -0.395 e. The molecule has 6 nitrogen and oxygen atoms in total. The van der Waals surface area contributed by atoms with E-state index in [1.54, 1.807) is 6.07 Å². The number of anilines is 1. The van der Waals surface area contributed by atoms with Crippen molar-refractivity contribution in [1.82, 2.24) is 5.32 Å². The molecule has 0 fully saturated rings. The molecule has 0 heterocycles. The van der Waals surface area contributed by atoms with Gasteiger partial charge in [0.05, 0.1) is 11.5 Å². The van der Waals surface area contributed by atoms with Gasteiger partial charge in [0.15, 0.2) is 0 Å². The summed E-state index contributed by atoms with van der Waals surface area (Å²) in [4.78, 5) is 10.1. The molecule has 0 spiro atoms. The molecule has 1 atom stereocenters. The molecule has 0 saturated carbocycles. The molecule has 88 valence electrons. The van der Waals surface area contributed by atoms with Crippen LogP contribution in [0.5, 0.6) is 0 Å². The average molecular weight is 225 g/mol. The highest BCUT2D eigenvalue weighted by atomic mass is 16.6. The van der Waals surface area contributed by atoms with Crippen LogP contribution >= 0.6 is 0 Å². The normalized spacial score (nSPS) is 12.4. The van der Waals surface area contributed by atoms with Crippen molar-refractivity contribution in [2.24, 2.45) is 0 Å². The maximum Gasteiger partial charge on any atom is 0.292 e. The maximum absolute atomic E-state index is 10.6. The van der Waals surface area contributed by atoms with Crippen LogP contribution in [0.15, 0.2) is 18.2 Å². The van der Waals surface area contributed by atoms with Gasteiger partial charge >= 0.3 is 0 Å². The van der Waals surface area contributed by atoms with Crippen molar-refractivity contribution in [1.29, 1.82) is 0 Å². The lowest BCUT2D eigenvalue weighted by Crippen LogP contribution is -2.28.